The van der Waals surface area contributed by atoms with Crippen molar-refractivity contribution in [1.29, 1.82) is 0 Å². The van der Waals surface area contributed by atoms with E-state index in [-0.39, 0.29) is 5.76 Å². The molecule has 1 nitrogen and oxygen atoms in total. The largest absolute Gasteiger partial charge is 0.507 e. The Hall–Kier alpha value is -0.500. The lowest BCUT2D eigenvalue weighted by Crippen LogP contribution is -1.73. The molecule has 8 heavy (non-hydrogen) atoms. The number of hydrogen-bond acceptors (Lipinski definition) is 1. The second-order valence-electron chi connectivity index (χ2n) is 1.19. The van der Waals surface area contributed by atoms with Crippen molar-refractivity contribution in [2.75, 3.05) is 0 Å². The third-order valence-corrected chi connectivity index (χ3v) is 0.960. The number of hydrogen-bond donors (Lipinski definition) is 1. The fraction of sp³-hybridized carbons (Fsp3) is 0. The van der Waals surface area contributed by atoms with Gasteiger partial charge in [-0.05, 0) is 22.0 Å². The number of aliphatic hydroxyl groups excluding tert-OH is 1. The van der Waals surface area contributed by atoms with Crippen LogP contribution in [0.25, 0.3) is 0 Å². The first-order valence-corrected chi connectivity index (χ1v) is 2.84. The highest BCUT2D eigenvalue weighted by Crippen LogP contribution is 2.09. The SMILES string of the molecule is C=C/C=C(/O)C(=C)Br. The summed E-state index contributed by atoms with van der Waals surface area (Å²) < 4.78 is 0.470. The lowest BCUT2D eigenvalue weighted by Gasteiger charge is -1.89. The minimum absolute atomic E-state index is 0.111. The zero-order chi connectivity index (χ0) is 6.57. The molecule has 1 N–H and O–H groups in total. The topological polar surface area (TPSA) is 20.2 Å². The summed E-state index contributed by atoms with van der Waals surface area (Å²) in [6, 6.07) is 0. The highest BCUT2D eigenvalue weighted by molar-refractivity contribution is 9.11. The van der Waals surface area contributed by atoms with Crippen LogP contribution >= 0.6 is 15.9 Å². The molecule has 0 aromatic rings. The molecule has 0 atom stereocenters. The molecule has 0 heterocycles. The van der Waals surface area contributed by atoms with E-state index in [1.54, 1.807) is 0 Å². The Balaban J connectivity index is 3.99. The average Bonchev–Trinajstić information content (AvgIpc) is 1.67. The monoisotopic (exact) mass is 174 g/mol. The van der Waals surface area contributed by atoms with Crippen molar-refractivity contribution in [2.45, 2.75) is 0 Å². The molecule has 0 aliphatic heterocycles. The summed E-state index contributed by atoms with van der Waals surface area (Å²) in [6.07, 6.45) is 2.94. The van der Waals surface area contributed by atoms with Crippen LogP contribution in [0.4, 0.5) is 0 Å². The summed E-state index contributed by atoms with van der Waals surface area (Å²) in [5.41, 5.74) is 0. The van der Waals surface area contributed by atoms with Crippen LogP contribution in [-0.2, 0) is 0 Å². The maximum Gasteiger partial charge on any atom is 0.129 e. The van der Waals surface area contributed by atoms with E-state index in [1.165, 1.54) is 12.2 Å². The second-order valence-corrected chi connectivity index (χ2v) is 2.15. The van der Waals surface area contributed by atoms with Crippen LogP contribution in [0.2, 0.25) is 0 Å². The average molecular weight is 175 g/mol. The van der Waals surface area contributed by atoms with Crippen molar-refractivity contribution in [3.8, 4) is 0 Å². The van der Waals surface area contributed by atoms with E-state index in [9.17, 15) is 0 Å². The van der Waals surface area contributed by atoms with Crippen molar-refractivity contribution in [3.63, 3.8) is 0 Å². The minimum Gasteiger partial charge on any atom is -0.507 e. The van der Waals surface area contributed by atoms with Gasteiger partial charge in [0.1, 0.15) is 5.76 Å². The van der Waals surface area contributed by atoms with Crippen molar-refractivity contribution in [3.05, 3.63) is 35.6 Å². The summed E-state index contributed by atoms with van der Waals surface area (Å²) in [5, 5.41) is 8.77. The highest BCUT2D eigenvalue weighted by atomic mass is 79.9. The fourth-order valence-electron chi connectivity index (χ4n) is 0.202. The van der Waals surface area contributed by atoms with Crippen molar-refractivity contribution in [1.82, 2.24) is 0 Å². The molecule has 2 heteroatoms. The highest BCUT2D eigenvalue weighted by Gasteiger charge is 1.88. The Morgan fingerprint density at radius 3 is 2.25 bits per heavy atom. The van der Waals surface area contributed by atoms with Gasteiger partial charge in [0.25, 0.3) is 0 Å². The summed E-state index contributed by atoms with van der Waals surface area (Å²) in [4.78, 5) is 0. The standard InChI is InChI=1S/C6H7BrO/c1-3-4-6(8)5(2)7/h3-4,8H,1-2H2/b6-4+. The first kappa shape index (κ1) is 7.50. The van der Waals surface area contributed by atoms with Gasteiger partial charge in [0.2, 0.25) is 0 Å². The van der Waals surface area contributed by atoms with Gasteiger partial charge in [0, 0.05) is 0 Å². The number of halogens is 1. The minimum atomic E-state index is 0.111. The number of rotatable bonds is 2. The van der Waals surface area contributed by atoms with Crippen LogP contribution in [0.3, 0.4) is 0 Å². The lowest BCUT2D eigenvalue weighted by atomic mass is 10.4. The second kappa shape index (κ2) is 3.50. The van der Waals surface area contributed by atoms with E-state index in [0.717, 1.165) is 0 Å². The van der Waals surface area contributed by atoms with Gasteiger partial charge >= 0.3 is 0 Å². The summed E-state index contributed by atoms with van der Waals surface area (Å²) in [5.74, 6) is 0.111. The van der Waals surface area contributed by atoms with Crippen LogP contribution in [0.15, 0.2) is 35.6 Å². The Morgan fingerprint density at radius 1 is 1.62 bits per heavy atom. The zero-order valence-corrected chi connectivity index (χ0v) is 5.98. The van der Waals surface area contributed by atoms with E-state index < -0.39 is 0 Å². The lowest BCUT2D eigenvalue weighted by molar-refractivity contribution is 0.431. The molecule has 0 radical (unpaired) electrons. The molecular weight excluding hydrogens is 168 g/mol. The van der Waals surface area contributed by atoms with E-state index in [0.29, 0.717) is 4.48 Å². The summed E-state index contributed by atoms with van der Waals surface area (Å²) in [7, 11) is 0. The van der Waals surface area contributed by atoms with Crippen LogP contribution in [0.5, 0.6) is 0 Å². The molecule has 0 bridgehead atoms. The van der Waals surface area contributed by atoms with Gasteiger partial charge in [-0.25, -0.2) is 0 Å². The van der Waals surface area contributed by atoms with Crippen molar-refractivity contribution >= 4 is 15.9 Å². The maximum atomic E-state index is 8.77. The number of aliphatic hydroxyl groups is 1. The van der Waals surface area contributed by atoms with E-state index in [1.807, 2.05) is 0 Å². The Kier molecular flexibility index (Phi) is 3.28. The molecule has 0 saturated heterocycles. The number of allylic oxidation sites excluding steroid dienone is 3. The maximum absolute atomic E-state index is 8.77. The van der Waals surface area contributed by atoms with Crippen LogP contribution in [0, 0.1) is 0 Å². The van der Waals surface area contributed by atoms with Gasteiger partial charge in [-0.3, -0.25) is 0 Å². The van der Waals surface area contributed by atoms with Crippen LogP contribution < -0.4 is 0 Å². The van der Waals surface area contributed by atoms with Crippen molar-refractivity contribution in [2.24, 2.45) is 0 Å². The van der Waals surface area contributed by atoms with Gasteiger partial charge in [0.15, 0.2) is 0 Å². The van der Waals surface area contributed by atoms with Gasteiger partial charge in [-0.2, -0.15) is 0 Å². The first-order chi connectivity index (χ1) is 3.68. The van der Waals surface area contributed by atoms with Crippen LogP contribution in [0.1, 0.15) is 0 Å². The quantitative estimate of drug-likeness (QED) is 0.505. The van der Waals surface area contributed by atoms with Gasteiger partial charge in [-0.15, -0.1) is 0 Å². The smallest absolute Gasteiger partial charge is 0.129 e. The Bertz CT molecular complexity index is 135. The normalized spacial score (nSPS) is 10.9. The zero-order valence-electron chi connectivity index (χ0n) is 4.39. The third-order valence-electron chi connectivity index (χ3n) is 0.554. The van der Waals surface area contributed by atoms with Gasteiger partial charge in [0.05, 0.1) is 4.48 Å². The predicted molar refractivity (Wildman–Crippen MR) is 39.0 cm³/mol. The molecule has 0 spiro atoms. The van der Waals surface area contributed by atoms with E-state index in [2.05, 4.69) is 29.1 Å². The molecule has 0 rings (SSSR count). The van der Waals surface area contributed by atoms with Gasteiger partial charge < -0.3 is 5.11 Å². The predicted octanol–water partition coefficient (Wildman–Crippen LogP) is 2.52. The van der Waals surface area contributed by atoms with E-state index in [4.69, 9.17) is 5.11 Å². The Morgan fingerprint density at radius 2 is 2.12 bits per heavy atom. The summed E-state index contributed by atoms with van der Waals surface area (Å²) in [6.45, 7) is 6.81. The molecule has 44 valence electrons. The molecule has 0 saturated carbocycles. The van der Waals surface area contributed by atoms with Crippen molar-refractivity contribution < 1.29 is 5.11 Å². The third kappa shape index (κ3) is 2.64. The molecule has 0 unspecified atom stereocenters. The first-order valence-electron chi connectivity index (χ1n) is 2.05. The fourth-order valence-corrected chi connectivity index (χ4v) is 0.334. The molecule has 0 aromatic carbocycles. The van der Waals surface area contributed by atoms with E-state index >= 15 is 0 Å². The molecule has 0 aliphatic carbocycles. The molecule has 0 amide bonds. The van der Waals surface area contributed by atoms with Gasteiger partial charge in [-0.1, -0.05) is 19.2 Å². The molecule has 0 fully saturated rings. The Labute approximate surface area is 57.2 Å². The molecular formula is C6H7BrO. The molecule has 0 aliphatic rings. The van der Waals surface area contributed by atoms with Crippen LogP contribution in [-0.4, -0.2) is 5.11 Å². The molecule has 0 aromatic heterocycles. The summed E-state index contributed by atoms with van der Waals surface area (Å²) >= 11 is 2.98.